The zero-order valence-corrected chi connectivity index (χ0v) is 18.2. The molecule has 0 unspecified atom stereocenters. The predicted molar refractivity (Wildman–Crippen MR) is 109 cm³/mol. The van der Waals surface area contributed by atoms with Gasteiger partial charge in [0.05, 0.1) is 0 Å². The fourth-order valence-corrected chi connectivity index (χ4v) is 9.20. The third-order valence-electron chi connectivity index (χ3n) is 4.38. The van der Waals surface area contributed by atoms with Crippen LogP contribution in [-0.4, -0.2) is 59.6 Å². The topological polar surface area (TPSA) is 15.7 Å². The van der Waals surface area contributed by atoms with Gasteiger partial charge < -0.3 is 13.6 Å². The van der Waals surface area contributed by atoms with E-state index in [1.165, 1.54) is 5.19 Å². The first-order valence-electron chi connectivity index (χ1n) is 9.21. The van der Waals surface area contributed by atoms with Gasteiger partial charge in [-0.05, 0) is 45.2 Å². The smallest absolute Gasteiger partial charge is 0.264 e. The van der Waals surface area contributed by atoms with Crippen molar-refractivity contribution in [1.82, 2.24) is 9.13 Å². The molecule has 0 aliphatic heterocycles. The molecule has 0 bridgehead atoms. The highest BCUT2D eigenvalue weighted by Gasteiger charge is 2.43. The molecule has 0 heterocycles. The van der Waals surface area contributed by atoms with Gasteiger partial charge in [-0.1, -0.05) is 69.4 Å². The molecule has 134 valence electrons. The van der Waals surface area contributed by atoms with Gasteiger partial charge in [-0.25, -0.2) is 0 Å². The van der Waals surface area contributed by atoms with Crippen LogP contribution in [0.4, 0.5) is 0 Å². The summed E-state index contributed by atoms with van der Waals surface area (Å²) in [6.07, 6.45) is 0.280. The lowest BCUT2D eigenvalue weighted by Gasteiger charge is -2.46. The molecule has 0 spiro atoms. The molecule has 1 rings (SSSR count). The molecule has 5 heteroatoms. The standard InChI is InChI=1S/C19H34N2OSi2/c1-7-20(8-2)24(21(9-3)10-4,17-16-23-22-18(5)6)19-14-12-11-13-15-19/h11-18H,7-10H2,1-6H3/b17-16+. The highest BCUT2D eigenvalue weighted by molar-refractivity contribution is 6.91. The molecule has 0 fully saturated rings. The highest BCUT2D eigenvalue weighted by atomic mass is 28.3. The lowest BCUT2D eigenvalue weighted by atomic mass is 10.4. The lowest BCUT2D eigenvalue weighted by Crippen LogP contribution is -2.72. The van der Waals surface area contributed by atoms with E-state index >= 15 is 0 Å². The van der Waals surface area contributed by atoms with Gasteiger partial charge >= 0.3 is 0 Å². The zero-order chi connectivity index (χ0) is 18.0. The molecule has 1 aromatic rings. The summed E-state index contributed by atoms with van der Waals surface area (Å²) in [5.41, 5.74) is 4.76. The van der Waals surface area contributed by atoms with Crippen molar-refractivity contribution in [3.8, 4) is 0 Å². The molecule has 1 aromatic carbocycles. The first-order valence-corrected chi connectivity index (χ1v) is 12.2. The molecule has 0 saturated carbocycles. The van der Waals surface area contributed by atoms with Crippen molar-refractivity contribution in [2.45, 2.75) is 47.6 Å². The Kier molecular flexibility index (Phi) is 9.77. The number of rotatable bonds is 11. The molecule has 0 saturated heterocycles. The molecule has 24 heavy (non-hydrogen) atoms. The zero-order valence-electron chi connectivity index (χ0n) is 16.2. The third-order valence-corrected chi connectivity index (χ3v) is 10.6. The van der Waals surface area contributed by atoms with Crippen LogP contribution in [0.25, 0.3) is 0 Å². The van der Waals surface area contributed by atoms with Gasteiger partial charge in [-0.15, -0.1) is 0 Å². The van der Waals surface area contributed by atoms with Gasteiger partial charge in [0.25, 0.3) is 18.2 Å². The molecule has 0 N–H and O–H groups in total. The van der Waals surface area contributed by atoms with Crippen LogP contribution in [0.1, 0.15) is 41.5 Å². The Bertz CT molecular complexity index is 460. The van der Waals surface area contributed by atoms with Gasteiger partial charge in [-0.2, -0.15) is 0 Å². The van der Waals surface area contributed by atoms with Crippen LogP contribution >= 0.6 is 0 Å². The second kappa shape index (κ2) is 11.0. The normalized spacial score (nSPS) is 12.9. The molecule has 0 aromatic heterocycles. The van der Waals surface area contributed by atoms with Gasteiger partial charge in [0.2, 0.25) is 0 Å². The summed E-state index contributed by atoms with van der Waals surface area (Å²) in [7, 11) is -1.67. The van der Waals surface area contributed by atoms with E-state index < -0.39 is 8.40 Å². The number of nitrogens with zero attached hydrogens (tertiary/aromatic N) is 2. The van der Waals surface area contributed by atoms with Crippen LogP contribution in [0.15, 0.2) is 41.7 Å². The molecule has 0 amide bonds. The van der Waals surface area contributed by atoms with Crippen molar-refractivity contribution < 1.29 is 4.43 Å². The van der Waals surface area contributed by atoms with E-state index in [-0.39, 0.29) is 6.10 Å². The summed E-state index contributed by atoms with van der Waals surface area (Å²) in [5.74, 6) is 0. The maximum Gasteiger partial charge on any atom is 0.264 e. The van der Waals surface area contributed by atoms with Crippen molar-refractivity contribution in [3.63, 3.8) is 0 Å². The summed E-state index contributed by atoms with van der Waals surface area (Å²) in [6.45, 7) is 17.5. The molecule has 0 atom stereocenters. The summed E-state index contributed by atoms with van der Waals surface area (Å²) in [6, 6.07) is 11.1. The molecular formula is C19H34N2OSi2. The SMILES string of the molecule is CCN(CC)[Si](/C=C/[Si]OC(C)C)(c1ccccc1)N(CC)CC. The summed E-state index contributed by atoms with van der Waals surface area (Å²) >= 11 is 0. The van der Waals surface area contributed by atoms with E-state index in [4.69, 9.17) is 4.43 Å². The largest absolute Gasteiger partial charge is 0.410 e. The second-order valence-corrected chi connectivity index (χ2v) is 10.5. The molecule has 2 radical (unpaired) electrons. The Morgan fingerprint density at radius 2 is 1.46 bits per heavy atom. The number of hydrogen-bond donors (Lipinski definition) is 0. The van der Waals surface area contributed by atoms with Crippen LogP contribution in [0.2, 0.25) is 0 Å². The first kappa shape index (κ1) is 21.3. The highest BCUT2D eigenvalue weighted by Crippen LogP contribution is 2.18. The summed E-state index contributed by atoms with van der Waals surface area (Å²) in [5, 5.41) is 1.46. The monoisotopic (exact) mass is 362 g/mol. The summed E-state index contributed by atoms with van der Waals surface area (Å²) < 4.78 is 11.1. The van der Waals surface area contributed by atoms with Gasteiger partial charge in [-0.3, -0.25) is 0 Å². The second-order valence-electron chi connectivity index (χ2n) is 6.05. The number of benzene rings is 1. The Balaban J connectivity index is 3.37. The predicted octanol–water partition coefficient (Wildman–Crippen LogP) is 3.12. The Hall–Kier alpha value is -0.726. The fourth-order valence-electron chi connectivity index (χ4n) is 3.29. The Morgan fingerprint density at radius 3 is 1.88 bits per heavy atom. The van der Waals surface area contributed by atoms with Crippen molar-refractivity contribution in [1.29, 1.82) is 0 Å². The Morgan fingerprint density at radius 1 is 0.958 bits per heavy atom. The van der Waals surface area contributed by atoms with Crippen LogP contribution in [-0.2, 0) is 4.43 Å². The first-order chi connectivity index (χ1) is 11.6. The fraction of sp³-hybridized carbons (Fsp3) is 0.579. The molecule has 0 aliphatic rings. The summed E-state index contributed by atoms with van der Waals surface area (Å²) in [4.78, 5) is 0. The van der Waals surface area contributed by atoms with E-state index in [9.17, 15) is 0 Å². The molecule has 0 aliphatic carbocycles. The van der Waals surface area contributed by atoms with Gasteiger partial charge in [0.15, 0.2) is 0 Å². The third kappa shape index (κ3) is 5.13. The van der Waals surface area contributed by atoms with Crippen molar-refractivity contribution in [2.24, 2.45) is 0 Å². The molecule has 3 nitrogen and oxygen atoms in total. The quantitative estimate of drug-likeness (QED) is 0.563. The van der Waals surface area contributed by atoms with E-state index in [2.05, 4.69) is 92.4 Å². The number of hydrogen-bond acceptors (Lipinski definition) is 3. The minimum absolute atomic E-state index is 0.280. The van der Waals surface area contributed by atoms with Crippen molar-refractivity contribution in [2.75, 3.05) is 26.2 Å². The van der Waals surface area contributed by atoms with Gasteiger partial charge in [0, 0.05) is 6.10 Å². The van der Waals surface area contributed by atoms with E-state index in [0.29, 0.717) is 9.76 Å². The lowest BCUT2D eigenvalue weighted by molar-refractivity contribution is 0.260. The maximum atomic E-state index is 5.79. The maximum absolute atomic E-state index is 5.79. The average Bonchev–Trinajstić information content (AvgIpc) is 2.60. The molecular weight excluding hydrogens is 328 g/mol. The van der Waals surface area contributed by atoms with Crippen LogP contribution in [0, 0.1) is 0 Å². The van der Waals surface area contributed by atoms with Crippen LogP contribution in [0.5, 0.6) is 0 Å². The minimum Gasteiger partial charge on any atom is -0.410 e. The Labute approximate surface area is 152 Å². The van der Waals surface area contributed by atoms with E-state index in [0.717, 1.165) is 26.2 Å². The average molecular weight is 363 g/mol. The van der Waals surface area contributed by atoms with E-state index in [1.54, 1.807) is 0 Å². The van der Waals surface area contributed by atoms with Crippen LogP contribution in [0.3, 0.4) is 0 Å². The van der Waals surface area contributed by atoms with Crippen LogP contribution < -0.4 is 5.19 Å². The minimum atomic E-state index is -2.09. The van der Waals surface area contributed by atoms with Crippen molar-refractivity contribution >= 4 is 23.3 Å². The van der Waals surface area contributed by atoms with Gasteiger partial charge in [0.1, 0.15) is 0 Å². The van der Waals surface area contributed by atoms with E-state index in [1.807, 2.05) is 0 Å². The van der Waals surface area contributed by atoms with Crippen molar-refractivity contribution in [3.05, 3.63) is 41.7 Å².